The third-order valence-electron chi connectivity index (χ3n) is 2.76. The smallest absolute Gasteiger partial charge is 0.0743 e. The zero-order valence-corrected chi connectivity index (χ0v) is 11.9. The average Bonchev–Trinajstić information content (AvgIpc) is 2.59. The van der Waals surface area contributed by atoms with Gasteiger partial charge >= 0.3 is 0 Å². The number of rotatable bonds is 3. The fourth-order valence-corrected chi connectivity index (χ4v) is 2.08. The van der Waals surface area contributed by atoms with E-state index in [-0.39, 0.29) is 0 Å². The van der Waals surface area contributed by atoms with Gasteiger partial charge in [-0.1, -0.05) is 12.1 Å². The van der Waals surface area contributed by atoms with Gasteiger partial charge in [0.15, 0.2) is 0 Å². The molecular formula is C13H16BrN3. The van der Waals surface area contributed by atoms with Crippen LogP contribution in [0, 0.1) is 13.8 Å². The van der Waals surface area contributed by atoms with Crippen molar-refractivity contribution in [1.82, 2.24) is 15.1 Å². The number of benzene rings is 1. The molecule has 0 aliphatic carbocycles. The maximum Gasteiger partial charge on any atom is 0.0743 e. The summed E-state index contributed by atoms with van der Waals surface area (Å²) in [5, 5.41) is 7.65. The second kappa shape index (κ2) is 5.02. The Balaban J connectivity index is 2.36. The predicted octanol–water partition coefficient (Wildman–Crippen LogP) is 2.97. The van der Waals surface area contributed by atoms with Crippen LogP contribution in [-0.4, -0.2) is 16.8 Å². The Labute approximate surface area is 110 Å². The molecule has 0 saturated carbocycles. The molecule has 90 valence electrons. The van der Waals surface area contributed by atoms with Crippen LogP contribution in [-0.2, 0) is 6.54 Å². The van der Waals surface area contributed by atoms with Gasteiger partial charge in [-0.15, -0.1) is 0 Å². The van der Waals surface area contributed by atoms with Crippen molar-refractivity contribution in [2.45, 2.75) is 20.4 Å². The molecule has 2 aromatic rings. The third kappa shape index (κ3) is 2.42. The maximum absolute atomic E-state index is 4.51. The van der Waals surface area contributed by atoms with Gasteiger partial charge < -0.3 is 5.32 Å². The Kier molecular flexibility index (Phi) is 3.64. The first-order valence-electron chi connectivity index (χ1n) is 5.59. The minimum atomic E-state index is 0.890. The van der Waals surface area contributed by atoms with Gasteiger partial charge in [-0.2, -0.15) is 5.10 Å². The molecule has 0 radical (unpaired) electrons. The third-order valence-corrected chi connectivity index (χ3v) is 3.91. The summed E-state index contributed by atoms with van der Waals surface area (Å²) in [6.07, 6.45) is 0. The zero-order valence-electron chi connectivity index (χ0n) is 10.3. The maximum atomic E-state index is 4.51. The molecule has 1 heterocycles. The first kappa shape index (κ1) is 12.3. The Morgan fingerprint density at radius 3 is 2.35 bits per heavy atom. The van der Waals surface area contributed by atoms with Gasteiger partial charge in [0.25, 0.3) is 0 Å². The summed E-state index contributed by atoms with van der Waals surface area (Å²) in [6.45, 7) is 4.95. The summed E-state index contributed by atoms with van der Waals surface area (Å²) in [7, 11) is 1.95. The minimum Gasteiger partial charge on any atom is -0.316 e. The molecule has 0 atom stereocenters. The molecule has 0 bridgehead atoms. The van der Waals surface area contributed by atoms with Crippen LogP contribution >= 0.6 is 15.9 Å². The zero-order chi connectivity index (χ0) is 12.4. The molecule has 0 aliphatic rings. The van der Waals surface area contributed by atoms with Crippen molar-refractivity contribution < 1.29 is 0 Å². The molecule has 0 spiro atoms. The quantitative estimate of drug-likeness (QED) is 0.943. The van der Waals surface area contributed by atoms with E-state index in [0.29, 0.717) is 0 Å². The summed E-state index contributed by atoms with van der Waals surface area (Å²) in [4.78, 5) is 0. The van der Waals surface area contributed by atoms with Crippen LogP contribution in [0.1, 0.15) is 17.0 Å². The number of halogens is 1. The van der Waals surface area contributed by atoms with Crippen molar-refractivity contribution >= 4 is 15.9 Å². The summed E-state index contributed by atoms with van der Waals surface area (Å²) < 4.78 is 3.04. The number of aromatic nitrogens is 2. The Morgan fingerprint density at radius 2 is 1.88 bits per heavy atom. The highest BCUT2D eigenvalue weighted by Crippen LogP contribution is 2.22. The topological polar surface area (TPSA) is 29.9 Å². The molecule has 4 heteroatoms. The van der Waals surface area contributed by atoms with Gasteiger partial charge in [0, 0.05) is 6.54 Å². The highest BCUT2D eigenvalue weighted by Gasteiger charge is 2.09. The van der Waals surface area contributed by atoms with Gasteiger partial charge in [-0.05, 0) is 54.5 Å². The molecule has 0 aliphatic heterocycles. The first-order chi connectivity index (χ1) is 8.13. The SMILES string of the molecule is CNCc1ccc(-n2nc(C)c(Br)c2C)cc1. The second-order valence-corrected chi connectivity index (χ2v) is 4.89. The standard InChI is InChI=1S/C13H16BrN3/c1-9-13(14)10(2)17(16-9)12-6-4-11(5-7-12)8-15-3/h4-7,15H,8H2,1-3H3. The molecule has 2 rings (SSSR count). The lowest BCUT2D eigenvalue weighted by atomic mass is 10.2. The van der Waals surface area contributed by atoms with Crippen molar-refractivity contribution in [2.24, 2.45) is 0 Å². The van der Waals surface area contributed by atoms with Gasteiger partial charge in [0.05, 0.1) is 21.5 Å². The predicted molar refractivity (Wildman–Crippen MR) is 73.5 cm³/mol. The lowest BCUT2D eigenvalue weighted by Gasteiger charge is -2.06. The number of nitrogens with zero attached hydrogens (tertiary/aromatic N) is 2. The Bertz CT molecular complexity index is 514. The molecule has 0 saturated heterocycles. The Morgan fingerprint density at radius 1 is 1.24 bits per heavy atom. The van der Waals surface area contributed by atoms with E-state index in [1.54, 1.807) is 0 Å². The average molecular weight is 294 g/mol. The van der Waals surface area contributed by atoms with Crippen LogP contribution < -0.4 is 5.32 Å². The fourth-order valence-electron chi connectivity index (χ4n) is 1.83. The molecule has 1 N–H and O–H groups in total. The van der Waals surface area contributed by atoms with Gasteiger partial charge in [0.2, 0.25) is 0 Å². The lowest BCUT2D eigenvalue weighted by Crippen LogP contribution is -2.05. The van der Waals surface area contributed by atoms with Gasteiger partial charge in [-0.25, -0.2) is 4.68 Å². The van der Waals surface area contributed by atoms with Crippen molar-refractivity contribution in [3.63, 3.8) is 0 Å². The summed E-state index contributed by atoms with van der Waals surface area (Å²) in [6, 6.07) is 8.43. The van der Waals surface area contributed by atoms with E-state index in [1.165, 1.54) is 5.56 Å². The van der Waals surface area contributed by atoms with Crippen LogP contribution in [0.15, 0.2) is 28.7 Å². The molecule has 0 amide bonds. The van der Waals surface area contributed by atoms with Gasteiger partial charge in [-0.3, -0.25) is 0 Å². The van der Waals surface area contributed by atoms with Crippen LogP contribution in [0.25, 0.3) is 5.69 Å². The molecule has 17 heavy (non-hydrogen) atoms. The van der Waals surface area contributed by atoms with E-state index in [4.69, 9.17) is 0 Å². The van der Waals surface area contributed by atoms with Crippen LogP contribution in [0.4, 0.5) is 0 Å². The van der Waals surface area contributed by atoms with Gasteiger partial charge in [0.1, 0.15) is 0 Å². The largest absolute Gasteiger partial charge is 0.316 e. The van der Waals surface area contributed by atoms with E-state index in [9.17, 15) is 0 Å². The molecule has 0 unspecified atom stereocenters. The molecule has 1 aromatic carbocycles. The summed E-state index contributed by atoms with van der Waals surface area (Å²) in [5.41, 5.74) is 4.51. The second-order valence-electron chi connectivity index (χ2n) is 4.09. The van der Waals surface area contributed by atoms with Crippen LogP contribution in [0.3, 0.4) is 0 Å². The van der Waals surface area contributed by atoms with Crippen molar-refractivity contribution in [2.75, 3.05) is 7.05 Å². The normalized spacial score (nSPS) is 10.8. The number of hydrogen-bond donors (Lipinski definition) is 1. The molecule has 1 aromatic heterocycles. The lowest BCUT2D eigenvalue weighted by molar-refractivity contribution is 0.810. The number of hydrogen-bond acceptors (Lipinski definition) is 2. The number of aryl methyl sites for hydroxylation is 1. The van der Waals surface area contributed by atoms with Crippen LogP contribution in [0.2, 0.25) is 0 Å². The van der Waals surface area contributed by atoms with Crippen molar-refractivity contribution in [3.8, 4) is 5.69 Å². The van der Waals surface area contributed by atoms with Crippen LogP contribution in [0.5, 0.6) is 0 Å². The monoisotopic (exact) mass is 293 g/mol. The van der Waals surface area contributed by atoms with E-state index < -0.39 is 0 Å². The van der Waals surface area contributed by atoms with E-state index >= 15 is 0 Å². The Hall–Kier alpha value is -1.13. The molecular weight excluding hydrogens is 278 g/mol. The minimum absolute atomic E-state index is 0.890. The van der Waals surface area contributed by atoms with E-state index in [0.717, 1.165) is 28.1 Å². The summed E-state index contributed by atoms with van der Waals surface area (Å²) >= 11 is 3.54. The van der Waals surface area contributed by atoms with E-state index in [1.807, 2.05) is 18.7 Å². The van der Waals surface area contributed by atoms with E-state index in [2.05, 4.69) is 57.5 Å². The first-order valence-corrected chi connectivity index (χ1v) is 6.38. The number of nitrogens with one attached hydrogen (secondary N) is 1. The summed E-state index contributed by atoms with van der Waals surface area (Å²) in [5.74, 6) is 0. The van der Waals surface area contributed by atoms with Crippen molar-refractivity contribution in [3.05, 3.63) is 45.7 Å². The highest BCUT2D eigenvalue weighted by atomic mass is 79.9. The van der Waals surface area contributed by atoms with Crippen molar-refractivity contribution in [1.29, 1.82) is 0 Å². The molecule has 3 nitrogen and oxygen atoms in total. The molecule has 0 fully saturated rings. The fraction of sp³-hybridized carbons (Fsp3) is 0.308. The highest BCUT2D eigenvalue weighted by molar-refractivity contribution is 9.10.